The molecule has 164 valence electrons. The van der Waals surface area contributed by atoms with Gasteiger partial charge in [-0.05, 0) is 25.3 Å². The Morgan fingerprint density at radius 3 is 2.50 bits per heavy atom. The minimum atomic E-state index is -0.661. The van der Waals surface area contributed by atoms with Crippen LogP contribution in [-0.4, -0.2) is 42.0 Å². The maximum Gasteiger partial charge on any atom is 0.315 e. The Morgan fingerprint density at radius 1 is 1.07 bits per heavy atom. The molecule has 0 aromatic heterocycles. The Bertz CT molecular complexity index is 751. The first kappa shape index (κ1) is 22.9. The average molecular weight is 421 g/mol. The van der Waals surface area contributed by atoms with Gasteiger partial charge in [0.15, 0.2) is 12.4 Å². The maximum absolute atomic E-state index is 11.8. The molecule has 0 aliphatic heterocycles. The number of ether oxygens (including phenoxy) is 1. The minimum Gasteiger partial charge on any atom is -0.477 e. The summed E-state index contributed by atoms with van der Waals surface area (Å²) in [5, 5.41) is 16.5. The summed E-state index contributed by atoms with van der Waals surface area (Å²) >= 11 is 0. The van der Waals surface area contributed by atoms with E-state index in [1.807, 2.05) is 0 Å². The van der Waals surface area contributed by atoms with E-state index in [9.17, 15) is 24.5 Å². The number of hydrogen-bond acceptors (Lipinski definition) is 6. The first-order valence-electron chi connectivity index (χ1n) is 9.94. The molecule has 11 nitrogen and oxygen atoms in total. The summed E-state index contributed by atoms with van der Waals surface area (Å²) in [5.74, 6) is -1.13. The van der Waals surface area contributed by atoms with Crippen LogP contribution in [0.25, 0.3) is 0 Å². The van der Waals surface area contributed by atoms with Crippen molar-refractivity contribution in [2.24, 2.45) is 0 Å². The van der Waals surface area contributed by atoms with Crippen LogP contribution >= 0.6 is 0 Å². The quantitative estimate of drug-likeness (QED) is 0.270. The van der Waals surface area contributed by atoms with Crippen molar-refractivity contribution in [2.45, 2.75) is 51.0 Å². The summed E-state index contributed by atoms with van der Waals surface area (Å²) in [6, 6.07) is 5.66. The van der Waals surface area contributed by atoms with Gasteiger partial charge in [-0.1, -0.05) is 31.4 Å². The summed E-state index contributed by atoms with van der Waals surface area (Å²) in [6.45, 7) is -0.158. The van der Waals surface area contributed by atoms with Gasteiger partial charge >= 0.3 is 11.7 Å². The Morgan fingerprint density at radius 2 is 1.77 bits per heavy atom. The topological polar surface area (TPSA) is 152 Å². The highest BCUT2D eigenvalue weighted by atomic mass is 16.6. The fourth-order valence-corrected chi connectivity index (χ4v) is 3.05. The summed E-state index contributed by atoms with van der Waals surface area (Å²) < 4.78 is 5.12. The van der Waals surface area contributed by atoms with Gasteiger partial charge in [-0.15, -0.1) is 0 Å². The van der Waals surface area contributed by atoms with E-state index in [1.54, 1.807) is 6.07 Å². The third-order valence-corrected chi connectivity index (χ3v) is 4.57. The van der Waals surface area contributed by atoms with E-state index in [-0.39, 0.29) is 29.9 Å². The lowest BCUT2D eigenvalue weighted by Crippen LogP contribution is -2.44. The van der Waals surface area contributed by atoms with Crippen LogP contribution in [0.2, 0.25) is 0 Å². The van der Waals surface area contributed by atoms with Crippen molar-refractivity contribution in [2.75, 3.05) is 13.2 Å². The predicted molar refractivity (Wildman–Crippen MR) is 108 cm³/mol. The highest BCUT2D eigenvalue weighted by Gasteiger charge is 2.16. The van der Waals surface area contributed by atoms with Crippen molar-refractivity contribution in [3.63, 3.8) is 0 Å². The van der Waals surface area contributed by atoms with Gasteiger partial charge in [0.25, 0.3) is 5.91 Å². The van der Waals surface area contributed by atoms with Gasteiger partial charge in [-0.25, -0.2) is 4.79 Å². The summed E-state index contributed by atoms with van der Waals surface area (Å²) in [5.41, 5.74) is 4.15. The fraction of sp³-hybridized carbons (Fsp3) is 0.526. The molecule has 0 radical (unpaired) electrons. The Labute approximate surface area is 174 Å². The number of carbonyl (C=O) groups is 3. The Hall–Kier alpha value is -3.37. The molecular weight excluding hydrogens is 394 g/mol. The van der Waals surface area contributed by atoms with Crippen molar-refractivity contribution < 1.29 is 24.0 Å². The molecule has 30 heavy (non-hydrogen) atoms. The van der Waals surface area contributed by atoms with Crippen LogP contribution < -0.4 is 26.2 Å². The van der Waals surface area contributed by atoms with E-state index in [0.717, 1.165) is 25.7 Å². The number of amides is 4. The molecule has 1 aromatic rings. The van der Waals surface area contributed by atoms with Gasteiger partial charge in [0.05, 0.1) is 4.92 Å². The average Bonchev–Trinajstić information content (AvgIpc) is 2.74. The Kier molecular flexibility index (Phi) is 9.35. The predicted octanol–water partition coefficient (Wildman–Crippen LogP) is 1.53. The second-order valence-corrected chi connectivity index (χ2v) is 6.95. The molecule has 0 saturated heterocycles. The van der Waals surface area contributed by atoms with Crippen molar-refractivity contribution in [3.05, 3.63) is 34.4 Å². The lowest BCUT2D eigenvalue weighted by Gasteiger charge is -2.22. The first-order chi connectivity index (χ1) is 14.5. The van der Waals surface area contributed by atoms with Crippen molar-refractivity contribution in [1.82, 2.24) is 21.5 Å². The number of urea groups is 1. The standard InChI is InChI=1S/C19H27N5O6/c25-17(11-6-12-20-19(27)21-14-7-2-1-3-8-14)22-23-18(26)13-30-16-10-5-4-9-15(16)24(28)29/h4-5,9-10,14H,1-3,6-8,11-13H2,(H,22,25)(H,23,26)(H2,20,21,27). The fourth-order valence-electron chi connectivity index (χ4n) is 3.05. The van der Waals surface area contributed by atoms with Crippen LogP contribution in [0.5, 0.6) is 5.75 Å². The number of rotatable bonds is 9. The molecule has 0 unspecified atom stereocenters. The van der Waals surface area contributed by atoms with Crippen LogP contribution in [0, 0.1) is 10.1 Å². The van der Waals surface area contributed by atoms with E-state index in [2.05, 4.69) is 21.5 Å². The molecule has 0 atom stereocenters. The van der Waals surface area contributed by atoms with Crippen LogP contribution in [0.1, 0.15) is 44.9 Å². The van der Waals surface area contributed by atoms with Gasteiger partial charge in [0.2, 0.25) is 5.91 Å². The second-order valence-electron chi connectivity index (χ2n) is 6.95. The van der Waals surface area contributed by atoms with Gasteiger partial charge in [0, 0.05) is 25.1 Å². The molecule has 2 rings (SSSR count). The van der Waals surface area contributed by atoms with Gasteiger partial charge in [0.1, 0.15) is 0 Å². The molecule has 1 aliphatic rings. The molecule has 0 heterocycles. The van der Waals surface area contributed by atoms with E-state index < -0.39 is 23.3 Å². The molecule has 0 bridgehead atoms. The molecular formula is C19H27N5O6. The number of nitrogens with one attached hydrogen (secondary N) is 4. The lowest BCUT2D eigenvalue weighted by molar-refractivity contribution is -0.385. The van der Waals surface area contributed by atoms with Crippen LogP contribution in [0.4, 0.5) is 10.5 Å². The second kappa shape index (κ2) is 12.2. The number of hydrogen-bond donors (Lipinski definition) is 4. The van der Waals surface area contributed by atoms with Crippen molar-refractivity contribution >= 4 is 23.5 Å². The summed E-state index contributed by atoms with van der Waals surface area (Å²) in [6.07, 6.45) is 5.98. The molecule has 1 aromatic carbocycles. The first-order valence-corrected chi connectivity index (χ1v) is 9.94. The lowest BCUT2D eigenvalue weighted by atomic mass is 9.96. The number of para-hydroxylation sites is 2. The molecule has 1 fully saturated rings. The van der Waals surface area contributed by atoms with Crippen molar-refractivity contribution in [3.8, 4) is 5.75 Å². The zero-order valence-corrected chi connectivity index (χ0v) is 16.6. The van der Waals surface area contributed by atoms with Crippen LogP contribution in [-0.2, 0) is 9.59 Å². The number of carbonyl (C=O) groups excluding carboxylic acids is 3. The zero-order valence-electron chi connectivity index (χ0n) is 16.6. The monoisotopic (exact) mass is 421 g/mol. The summed E-state index contributed by atoms with van der Waals surface area (Å²) in [4.78, 5) is 45.5. The molecule has 4 N–H and O–H groups in total. The molecule has 1 saturated carbocycles. The third-order valence-electron chi connectivity index (χ3n) is 4.57. The van der Waals surface area contributed by atoms with Crippen molar-refractivity contribution in [1.29, 1.82) is 0 Å². The smallest absolute Gasteiger partial charge is 0.315 e. The maximum atomic E-state index is 11.8. The normalized spacial score (nSPS) is 13.7. The third kappa shape index (κ3) is 8.33. The minimum absolute atomic E-state index is 0.0402. The Balaban J connectivity index is 1.55. The van der Waals surface area contributed by atoms with E-state index in [0.29, 0.717) is 13.0 Å². The van der Waals surface area contributed by atoms with E-state index >= 15 is 0 Å². The zero-order chi connectivity index (χ0) is 21.8. The number of benzene rings is 1. The molecule has 0 spiro atoms. The highest BCUT2D eigenvalue weighted by molar-refractivity contribution is 5.82. The number of hydrazine groups is 1. The van der Waals surface area contributed by atoms with Gasteiger partial charge in [-0.2, -0.15) is 0 Å². The highest BCUT2D eigenvalue weighted by Crippen LogP contribution is 2.25. The van der Waals surface area contributed by atoms with Gasteiger partial charge < -0.3 is 15.4 Å². The number of nitrogens with zero attached hydrogens (tertiary/aromatic N) is 1. The van der Waals surface area contributed by atoms with E-state index in [4.69, 9.17) is 4.74 Å². The molecule has 4 amide bonds. The van der Waals surface area contributed by atoms with Gasteiger partial charge in [-0.3, -0.25) is 30.6 Å². The van der Waals surface area contributed by atoms with E-state index in [1.165, 1.54) is 24.6 Å². The largest absolute Gasteiger partial charge is 0.477 e. The summed E-state index contributed by atoms with van der Waals surface area (Å²) in [7, 11) is 0. The van der Waals surface area contributed by atoms with Crippen LogP contribution in [0.3, 0.4) is 0 Å². The molecule has 1 aliphatic carbocycles. The number of nitro groups is 1. The van der Waals surface area contributed by atoms with Crippen LogP contribution in [0.15, 0.2) is 24.3 Å². The SMILES string of the molecule is O=C(CCCNC(=O)NC1CCCCC1)NNC(=O)COc1ccccc1[N+](=O)[O-]. The molecule has 11 heteroatoms. The number of nitro benzene ring substituents is 1.